The number of sulfone groups is 1. The molecule has 0 aliphatic heterocycles. The summed E-state index contributed by atoms with van der Waals surface area (Å²) in [6.45, 7) is 4.94. The smallest absolute Gasteiger partial charge is 0.416 e. The standard InChI is InChI=1S/C32H37BrF6N4O3S/c1-4-42(19-22-7-5-6-8-22)29-10-9-27(33)15-24(29)20-43(30-40-17-28(18-41-30)46-11-12-47(3,44)45)21(2)23-13-25(31(34,35)36)16-26(14-23)32(37,38)39/h9-10,13-18,21-22H,4-8,11-12,19-20H2,1-3H3. The molecule has 0 N–H and O–H groups in total. The zero-order valence-corrected chi connectivity index (χ0v) is 28.6. The van der Waals surface area contributed by atoms with E-state index in [4.69, 9.17) is 4.74 Å². The van der Waals surface area contributed by atoms with Crippen LogP contribution >= 0.6 is 15.9 Å². The molecule has 1 aliphatic rings. The van der Waals surface area contributed by atoms with Crippen LogP contribution in [-0.4, -0.2) is 50.1 Å². The quantitative estimate of drug-likeness (QED) is 0.162. The molecule has 1 saturated carbocycles. The van der Waals surface area contributed by atoms with Crippen LogP contribution in [-0.2, 0) is 28.7 Å². The van der Waals surface area contributed by atoms with Gasteiger partial charge >= 0.3 is 12.4 Å². The molecule has 0 saturated heterocycles. The van der Waals surface area contributed by atoms with Crippen molar-refractivity contribution in [3.8, 4) is 5.75 Å². The second kappa shape index (κ2) is 15.0. The second-order valence-electron chi connectivity index (χ2n) is 11.8. The molecule has 1 heterocycles. The summed E-state index contributed by atoms with van der Waals surface area (Å²) in [7, 11) is -3.29. The Kier molecular flexibility index (Phi) is 11.7. The topological polar surface area (TPSA) is 75.6 Å². The van der Waals surface area contributed by atoms with Gasteiger partial charge in [-0.3, -0.25) is 0 Å². The van der Waals surface area contributed by atoms with E-state index in [2.05, 4.69) is 30.8 Å². The van der Waals surface area contributed by atoms with Crippen LogP contribution in [0.2, 0.25) is 0 Å². The summed E-state index contributed by atoms with van der Waals surface area (Å²) in [6.07, 6.45) is -1.80. The number of alkyl halides is 6. The monoisotopic (exact) mass is 750 g/mol. The van der Waals surface area contributed by atoms with Crippen LogP contribution in [0.1, 0.15) is 67.8 Å². The van der Waals surface area contributed by atoms with Crippen molar-refractivity contribution in [2.24, 2.45) is 5.92 Å². The molecule has 1 atom stereocenters. The molecule has 0 spiro atoms. The summed E-state index contributed by atoms with van der Waals surface area (Å²) in [4.78, 5) is 12.5. The van der Waals surface area contributed by atoms with Gasteiger partial charge in [0, 0.05) is 36.1 Å². The van der Waals surface area contributed by atoms with Gasteiger partial charge in [-0.05, 0) is 80.1 Å². The van der Waals surface area contributed by atoms with E-state index >= 15 is 0 Å². The minimum atomic E-state index is -5.01. The summed E-state index contributed by atoms with van der Waals surface area (Å²) in [5, 5.41) is 0. The van der Waals surface area contributed by atoms with Gasteiger partial charge in [0.15, 0.2) is 15.6 Å². The molecule has 3 aromatic rings. The lowest BCUT2D eigenvalue weighted by Gasteiger charge is -2.34. The van der Waals surface area contributed by atoms with Gasteiger partial charge in [-0.15, -0.1) is 0 Å². The average Bonchev–Trinajstić information content (AvgIpc) is 3.51. The lowest BCUT2D eigenvalue weighted by molar-refractivity contribution is -0.143. The SMILES string of the molecule is CCN(CC1CCCC1)c1ccc(Br)cc1CN(c1ncc(OCCS(C)(=O)=O)cn1)C(C)c1cc(C(F)(F)F)cc(C(F)(F)F)c1. The van der Waals surface area contributed by atoms with E-state index in [9.17, 15) is 34.8 Å². The first-order valence-electron chi connectivity index (χ1n) is 15.2. The Labute approximate surface area is 279 Å². The van der Waals surface area contributed by atoms with E-state index in [-0.39, 0.29) is 42.2 Å². The molecule has 1 fully saturated rings. The number of halogens is 7. The predicted octanol–water partition coefficient (Wildman–Crippen LogP) is 8.48. The molecule has 0 amide bonds. The summed E-state index contributed by atoms with van der Waals surface area (Å²) in [6, 6.07) is 6.21. The van der Waals surface area contributed by atoms with Crippen molar-refractivity contribution < 1.29 is 39.5 Å². The van der Waals surface area contributed by atoms with Crippen LogP contribution < -0.4 is 14.5 Å². The average molecular weight is 752 g/mol. The molecular formula is C32H37BrF6N4O3S. The Hall–Kier alpha value is -3.07. The van der Waals surface area contributed by atoms with E-state index in [1.54, 1.807) is 4.90 Å². The van der Waals surface area contributed by atoms with Gasteiger partial charge in [-0.2, -0.15) is 26.3 Å². The van der Waals surface area contributed by atoms with Gasteiger partial charge in [0.1, 0.15) is 6.61 Å². The van der Waals surface area contributed by atoms with Gasteiger partial charge in [-0.25, -0.2) is 18.4 Å². The van der Waals surface area contributed by atoms with Crippen molar-refractivity contribution in [1.82, 2.24) is 9.97 Å². The van der Waals surface area contributed by atoms with Crippen LogP contribution in [0.4, 0.5) is 38.0 Å². The van der Waals surface area contributed by atoms with E-state index in [0.29, 0.717) is 12.5 Å². The van der Waals surface area contributed by atoms with Crippen LogP contribution in [0, 0.1) is 5.92 Å². The van der Waals surface area contributed by atoms with E-state index in [1.807, 2.05) is 25.1 Å². The molecule has 4 rings (SSSR count). The molecular weight excluding hydrogens is 714 g/mol. The third kappa shape index (κ3) is 10.2. The lowest BCUT2D eigenvalue weighted by atomic mass is 9.98. The Morgan fingerprint density at radius 2 is 1.57 bits per heavy atom. The van der Waals surface area contributed by atoms with Crippen molar-refractivity contribution in [1.29, 1.82) is 0 Å². The number of aromatic nitrogens is 2. The highest BCUT2D eigenvalue weighted by atomic mass is 79.9. The minimum absolute atomic E-state index is 0.0312. The Balaban J connectivity index is 1.77. The van der Waals surface area contributed by atoms with Crippen molar-refractivity contribution >= 4 is 37.4 Å². The maximum Gasteiger partial charge on any atom is 0.416 e. The third-order valence-corrected chi connectivity index (χ3v) is 9.61. The molecule has 0 radical (unpaired) electrons. The van der Waals surface area contributed by atoms with E-state index < -0.39 is 39.4 Å². The van der Waals surface area contributed by atoms with Crippen molar-refractivity contribution in [2.45, 2.75) is 64.5 Å². The summed E-state index contributed by atoms with van der Waals surface area (Å²) in [5.41, 5.74) is -1.39. The molecule has 15 heteroatoms. The first kappa shape index (κ1) is 36.8. The van der Waals surface area contributed by atoms with Gasteiger partial charge < -0.3 is 14.5 Å². The highest BCUT2D eigenvalue weighted by Gasteiger charge is 2.38. The predicted molar refractivity (Wildman–Crippen MR) is 172 cm³/mol. The Morgan fingerprint density at radius 3 is 2.11 bits per heavy atom. The largest absolute Gasteiger partial charge is 0.489 e. The molecule has 1 aromatic heterocycles. The van der Waals surface area contributed by atoms with Crippen molar-refractivity contribution in [2.75, 3.05) is 41.5 Å². The number of anilines is 2. The number of hydrogen-bond donors (Lipinski definition) is 0. The second-order valence-corrected chi connectivity index (χ2v) is 15.0. The fourth-order valence-electron chi connectivity index (χ4n) is 5.70. The van der Waals surface area contributed by atoms with E-state index in [1.165, 1.54) is 32.2 Å². The number of benzene rings is 2. The van der Waals surface area contributed by atoms with Crippen LogP contribution in [0.3, 0.4) is 0 Å². The van der Waals surface area contributed by atoms with Gasteiger partial charge in [-0.1, -0.05) is 28.8 Å². The fourth-order valence-corrected chi connectivity index (χ4v) is 6.49. The molecule has 2 aromatic carbocycles. The molecule has 1 aliphatic carbocycles. The first-order chi connectivity index (χ1) is 21.9. The highest BCUT2D eigenvalue weighted by Crippen LogP contribution is 2.40. The third-order valence-electron chi connectivity index (χ3n) is 8.21. The summed E-state index contributed by atoms with van der Waals surface area (Å²) < 4.78 is 112. The zero-order chi connectivity index (χ0) is 34.6. The Morgan fingerprint density at radius 1 is 0.979 bits per heavy atom. The maximum atomic E-state index is 13.8. The van der Waals surface area contributed by atoms with Crippen LogP contribution in [0.5, 0.6) is 5.75 Å². The van der Waals surface area contributed by atoms with E-state index in [0.717, 1.165) is 53.5 Å². The van der Waals surface area contributed by atoms with Crippen molar-refractivity contribution in [3.05, 3.63) is 75.5 Å². The lowest BCUT2D eigenvalue weighted by Crippen LogP contribution is -2.32. The van der Waals surface area contributed by atoms with Gasteiger partial charge in [0.25, 0.3) is 0 Å². The highest BCUT2D eigenvalue weighted by molar-refractivity contribution is 9.10. The molecule has 7 nitrogen and oxygen atoms in total. The normalized spacial score (nSPS) is 15.1. The molecule has 47 heavy (non-hydrogen) atoms. The van der Waals surface area contributed by atoms with Crippen LogP contribution in [0.25, 0.3) is 0 Å². The maximum absolute atomic E-state index is 13.8. The van der Waals surface area contributed by atoms with Gasteiger partial charge in [0.2, 0.25) is 5.95 Å². The summed E-state index contributed by atoms with van der Waals surface area (Å²) in [5.74, 6) is 0.463. The van der Waals surface area contributed by atoms with Crippen molar-refractivity contribution in [3.63, 3.8) is 0 Å². The zero-order valence-electron chi connectivity index (χ0n) is 26.2. The molecule has 0 bridgehead atoms. The summed E-state index contributed by atoms with van der Waals surface area (Å²) >= 11 is 3.52. The number of hydrogen-bond acceptors (Lipinski definition) is 7. The minimum Gasteiger partial charge on any atom is -0.489 e. The Bertz CT molecular complexity index is 1580. The van der Waals surface area contributed by atoms with Crippen LogP contribution in [0.15, 0.2) is 53.3 Å². The number of ether oxygens (including phenoxy) is 1. The van der Waals surface area contributed by atoms with Gasteiger partial charge in [0.05, 0.1) is 35.3 Å². The number of rotatable bonds is 13. The molecule has 258 valence electrons. The fraction of sp³-hybridized carbons (Fsp3) is 0.500. The first-order valence-corrected chi connectivity index (χ1v) is 18.0. The molecule has 1 unspecified atom stereocenters. The number of nitrogens with zero attached hydrogens (tertiary/aromatic N) is 4.